The van der Waals surface area contributed by atoms with Crippen LogP contribution >= 0.6 is 0 Å². The fourth-order valence-electron chi connectivity index (χ4n) is 2.50. The lowest BCUT2D eigenvalue weighted by molar-refractivity contribution is 0.103. The van der Waals surface area contributed by atoms with Gasteiger partial charge in [0.15, 0.2) is 5.78 Å². The topological polar surface area (TPSA) is 42.1 Å². The minimum Gasteiger partial charge on any atom is -0.497 e. The van der Waals surface area contributed by atoms with Gasteiger partial charge in [-0.3, -0.25) is 4.79 Å². The van der Waals surface area contributed by atoms with Crippen LogP contribution in [0.2, 0.25) is 0 Å². The molecule has 0 atom stereocenters. The zero-order valence-electron chi connectivity index (χ0n) is 12.6. The molecular weight excluding hydrogens is 274 g/mol. The summed E-state index contributed by atoms with van der Waals surface area (Å²) >= 11 is 0. The number of aromatic nitrogens is 1. The molecule has 0 spiro atoms. The number of aromatic amines is 1. The number of para-hydroxylation sites is 1. The third-order valence-electron chi connectivity index (χ3n) is 3.68. The second-order valence-corrected chi connectivity index (χ2v) is 5.18. The van der Waals surface area contributed by atoms with Gasteiger partial charge < -0.3 is 9.72 Å². The lowest BCUT2D eigenvalue weighted by atomic mass is 10.0. The van der Waals surface area contributed by atoms with E-state index in [-0.39, 0.29) is 5.78 Å². The molecule has 3 aromatic rings. The molecular formula is C19H17NO2. The summed E-state index contributed by atoms with van der Waals surface area (Å²) in [6, 6.07) is 15.3. The third kappa shape index (κ3) is 2.66. The van der Waals surface area contributed by atoms with Crippen molar-refractivity contribution in [1.29, 1.82) is 0 Å². The smallest absolute Gasteiger partial charge is 0.188 e. The molecule has 0 unspecified atom stereocenters. The largest absolute Gasteiger partial charge is 0.497 e. The van der Waals surface area contributed by atoms with Crippen LogP contribution in [-0.4, -0.2) is 17.9 Å². The summed E-state index contributed by atoms with van der Waals surface area (Å²) in [6.45, 7) is 1.84. The lowest BCUT2D eigenvalue weighted by Gasteiger charge is -2.04. The van der Waals surface area contributed by atoms with E-state index in [4.69, 9.17) is 4.74 Å². The van der Waals surface area contributed by atoms with Gasteiger partial charge in [0.2, 0.25) is 0 Å². The maximum Gasteiger partial charge on any atom is 0.188 e. The van der Waals surface area contributed by atoms with Crippen LogP contribution < -0.4 is 4.74 Å². The van der Waals surface area contributed by atoms with E-state index in [1.165, 1.54) is 0 Å². The average Bonchev–Trinajstić information content (AvgIpc) is 2.97. The van der Waals surface area contributed by atoms with E-state index < -0.39 is 0 Å². The normalized spacial score (nSPS) is 11.6. The first-order valence-electron chi connectivity index (χ1n) is 7.12. The van der Waals surface area contributed by atoms with Crippen LogP contribution in [-0.2, 0) is 0 Å². The summed E-state index contributed by atoms with van der Waals surface area (Å²) in [7, 11) is 1.60. The van der Waals surface area contributed by atoms with E-state index in [9.17, 15) is 4.79 Å². The number of hydrogen-bond acceptors (Lipinski definition) is 2. The van der Waals surface area contributed by atoms with Crippen molar-refractivity contribution in [2.24, 2.45) is 0 Å². The monoisotopic (exact) mass is 291 g/mol. The predicted molar refractivity (Wildman–Crippen MR) is 89.3 cm³/mol. The Hall–Kier alpha value is -2.81. The molecule has 0 bridgehead atoms. The zero-order chi connectivity index (χ0) is 15.5. The highest BCUT2D eigenvalue weighted by Gasteiger charge is 2.10. The van der Waals surface area contributed by atoms with Crippen molar-refractivity contribution in [3.05, 3.63) is 71.4 Å². The lowest BCUT2D eigenvalue weighted by Crippen LogP contribution is -2.00. The Morgan fingerprint density at radius 1 is 1.14 bits per heavy atom. The summed E-state index contributed by atoms with van der Waals surface area (Å²) in [5.41, 5.74) is 3.41. The molecule has 2 aromatic carbocycles. The molecule has 3 rings (SSSR count). The zero-order valence-corrected chi connectivity index (χ0v) is 12.6. The van der Waals surface area contributed by atoms with Crippen molar-refractivity contribution in [2.75, 3.05) is 7.11 Å². The van der Waals surface area contributed by atoms with E-state index in [1.807, 2.05) is 55.6 Å². The summed E-state index contributed by atoms with van der Waals surface area (Å²) in [6.07, 6.45) is 3.84. The number of methoxy groups -OCH3 is 1. The highest BCUT2D eigenvalue weighted by atomic mass is 16.5. The maximum atomic E-state index is 12.5. The van der Waals surface area contributed by atoms with E-state index in [2.05, 4.69) is 4.98 Å². The Labute approximate surface area is 129 Å². The van der Waals surface area contributed by atoms with Gasteiger partial charge in [-0.1, -0.05) is 30.3 Å². The number of carbonyl (C=O) groups is 1. The SMILES string of the molecule is COc1cccc(C(=O)/C(C)=C/c2c[nH]c3ccccc23)c1. The van der Waals surface area contributed by atoms with Gasteiger partial charge in [-0.25, -0.2) is 0 Å². The third-order valence-corrected chi connectivity index (χ3v) is 3.68. The van der Waals surface area contributed by atoms with E-state index in [1.54, 1.807) is 19.2 Å². The summed E-state index contributed by atoms with van der Waals surface area (Å²) in [5, 5.41) is 1.11. The van der Waals surface area contributed by atoms with Crippen molar-refractivity contribution < 1.29 is 9.53 Å². The van der Waals surface area contributed by atoms with Gasteiger partial charge in [0.1, 0.15) is 5.75 Å². The molecule has 0 saturated carbocycles. The first-order valence-corrected chi connectivity index (χ1v) is 7.12. The van der Waals surface area contributed by atoms with Gasteiger partial charge in [0.25, 0.3) is 0 Å². The number of nitrogens with one attached hydrogen (secondary N) is 1. The number of ether oxygens (including phenoxy) is 1. The van der Waals surface area contributed by atoms with Crippen molar-refractivity contribution in [2.45, 2.75) is 6.92 Å². The molecule has 0 aliphatic carbocycles. The number of rotatable bonds is 4. The van der Waals surface area contributed by atoms with Gasteiger partial charge in [0, 0.05) is 28.2 Å². The molecule has 22 heavy (non-hydrogen) atoms. The van der Waals surface area contributed by atoms with Crippen molar-refractivity contribution in [3.8, 4) is 5.75 Å². The number of Topliss-reactive ketones (excluding diaryl/α,β-unsaturated/α-hetero) is 1. The number of benzene rings is 2. The van der Waals surface area contributed by atoms with Crippen LogP contribution in [0.4, 0.5) is 0 Å². The minimum atomic E-state index is 0.00387. The fourth-order valence-corrected chi connectivity index (χ4v) is 2.50. The number of ketones is 1. The summed E-state index contributed by atoms with van der Waals surface area (Å²) < 4.78 is 5.17. The van der Waals surface area contributed by atoms with Crippen molar-refractivity contribution >= 4 is 22.8 Å². The molecule has 1 heterocycles. The summed E-state index contributed by atoms with van der Waals surface area (Å²) in [4.78, 5) is 15.8. The van der Waals surface area contributed by atoms with Crippen LogP contribution in [0.25, 0.3) is 17.0 Å². The van der Waals surface area contributed by atoms with Crippen LogP contribution in [0.15, 0.2) is 60.3 Å². The Balaban J connectivity index is 1.95. The molecule has 3 nitrogen and oxygen atoms in total. The molecule has 0 radical (unpaired) electrons. The fraction of sp³-hybridized carbons (Fsp3) is 0.105. The van der Waals surface area contributed by atoms with Crippen molar-refractivity contribution in [1.82, 2.24) is 4.98 Å². The quantitative estimate of drug-likeness (QED) is 0.569. The van der Waals surface area contributed by atoms with Gasteiger partial charge in [-0.2, -0.15) is 0 Å². The van der Waals surface area contributed by atoms with E-state index >= 15 is 0 Å². The molecule has 1 aromatic heterocycles. The van der Waals surface area contributed by atoms with Gasteiger partial charge in [-0.15, -0.1) is 0 Å². The van der Waals surface area contributed by atoms with Crippen LogP contribution in [0, 0.1) is 0 Å². The highest BCUT2D eigenvalue weighted by molar-refractivity contribution is 6.11. The minimum absolute atomic E-state index is 0.00387. The number of carbonyl (C=O) groups excluding carboxylic acids is 1. The number of H-pyrrole nitrogens is 1. The number of hydrogen-bond donors (Lipinski definition) is 1. The number of fused-ring (bicyclic) bond motifs is 1. The van der Waals surface area contributed by atoms with Crippen molar-refractivity contribution in [3.63, 3.8) is 0 Å². The van der Waals surface area contributed by atoms with Gasteiger partial charge >= 0.3 is 0 Å². The van der Waals surface area contributed by atoms with E-state index in [0.29, 0.717) is 16.9 Å². The Morgan fingerprint density at radius 3 is 2.77 bits per heavy atom. The number of allylic oxidation sites excluding steroid dienone is 1. The first-order chi connectivity index (χ1) is 10.7. The first kappa shape index (κ1) is 14.1. The molecule has 1 N–H and O–H groups in total. The van der Waals surface area contributed by atoms with Crippen LogP contribution in [0.1, 0.15) is 22.8 Å². The van der Waals surface area contributed by atoms with Crippen LogP contribution in [0.3, 0.4) is 0 Å². The molecule has 110 valence electrons. The Morgan fingerprint density at radius 2 is 1.95 bits per heavy atom. The average molecular weight is 291 g/mol. The van der Waals surface area contributed by atoms with Crippen LogP contribution in [0.5, 0.6) is 5.75 Å². The summed E-state index contributed by atoms with van der Waals surface area (Å²) in [5.74, 6) is 0.690. The molecule has 3 heteroatoms. The standard InChI is InChI=1S/C19H17NO2/c1-13(19(21)14-6-5-7-16(11-14)22-2)10-15-12-20-18-9-4-3-8-17(15)18/h3-12,20H,1-2H3/b13-10+. The molecule has 0 saturated heterocycles. The predicted octanol–water partition coefficient (Wildman–Crippen LogP) is 4.46. The maximum absolute atomic E-state index is 12.5. The van der Waals surface area contributed by atoms with Gasteiger partial charge in [0.05, 0.1) is 7.11 Å². The second kappa shape index (κ2) is 5.90. The molecule has 0 aliphatic heterocycles. The molecule has 0 amide bonds. The Bertz CT molecular complexity index is 859. The van der Waals surface area contributed by atoms with Gasteiger partial charge in [-0.05, 0) is 36.8 Å². The second-order valence-electron chi connectivity index (χ2n) is 5.18. The Kier molecular flexibility index (Phi) is 3.79. The molecule has 0 aliphatic rings. The van der Waals surface area contributed by atoms with E-state index in [0.717, 1.165) is 16.5 Å². The highest BCUT2D eigenvalue weighted by Crippen LogP contribution is 2.22. The molecule has 0 fully saturated rings.